The van der Waals surface area contributed by atoms with Crippen molar-refractivity contribution in [3.8, 4) is 0 Å². The molecule has 1 aliphatic heterocycles. The van der Waals surface area contributed by atoms with Gasteiger partial charge in [0, 0.05) is 6.42 Å². The molecule has 1 saturated heterocycles. The monoisotopic (exact) mass is 499 g/mol. The summed E-state index contributed by atoms with van der Waals surface area (Å²) in [6.07, 6.45) is 5.23. The van der Waals surface area contributed by atoms with Crippen molar-refractivity contribution in [1.29, 1.82) is 0 Å². The summed E-state index contributed by atoms with van der Waals surface area (Å²) in [5, 5.41) is 5.53. The fourth-order valence-electron chi connectivity index (χ4n) is 5.08. The predicted molar refractivity (Wildman–Crippen MR) is 149 cm³/mol. The van der Waals surface area contributed by atoms with Crippen LogP contribution in [-0.2, 0) is 20.6 Å². The van der Waals surface area contributed by atoms with Gasteiger partial charge in [0.1, 0.15) is 0 Å². The van der Waals surface area contributed by atoms with Gasteiger partial charge in [0.05, 0.1) is 25.4 Å². The highest BCUT2D eigenvalue weighted by Crippen LogP contribution is 2.36. The van der Waals surface area contributed by atoms with E-state index >= 15 is 0 Å². The van der Waals surface area contributed by atoms with E-state index in [9.17, 15) is 4.79 Å². The number of benzene rings is 3. The largest absolute Gasteiger partial charge is 0.404 e. The summed E-state index contributed by atoms with van der Waals surface area (Å²) in [7, 11) is -2.60. The Bertz CT molecular complexity index is 1090. The molecule has 0 aromatic heterocycles. The average Bonchev–Trinajstić information content (AvgIpc) is 2.89. The summed E-state index contributed by atoms with van der Waals surface area (Å²) in [6, 6.07) is 31.3. The van der Waals surface area contributed by atoms with Crippen LogP contribution >= 0.6 is 0 Å². The SMILES string of the molecule is CC(C)(C)[Si](OC/C=C\[C@@H]1NC(=O)CC[C@H]1OCc1ccccc1)(c1ccccc1)c1ccccc1. The second kappa shape index (κ2) is 11.8. The fraction of sp³-hybridized carbons (Fsp3) is 0.323. The molecule has 4 rings (SSSR count). The number of carbonyl (C=O) groups excluding carboxylic acids is 1. The molecule has 1 N–H and O–H groups in total. The molecule has 1 fully saturated rings. The van der Waals surface area contributed by atoms with Crippen molar-refractivity contribution in [2.45, 2.75) is 57.4 Å². The van der Waals surface area contributed by atoms with Crippen LogP contribution in [-0.4, -0.2) is 33.0 Å². The van der Waals surface area contributed by atoms with Crippen molar-refractivity contribution in [3.63, 3.8) is 0 Å². The molecule has 5 heteroatoms. The Balaban J connectivity index is 1.52. The Morgan fingerprint density at radius 1 is 0.889 bits per heavy atom. The molecule has 0 unspecified atom stereocenters. The van der Waals surface area contributed by atoms with Gasteiger partial charge in [-0.15, -0.1) is 0 Å². The number of hydrogen-bond acceptors (Lipinski definition) is 3. The van der Waals surface area contributed by atoms with Gasteiger partial charge in [-0.1, -0.05) is 124 Å². The average molecular weight is 500 g/mol. The first kappa shape index (κ1) is 26.1. The molecule has 3 aromatic rings. The second-order valence-electron chi connectivity index (χ2n) is 10.4. The maximum atomic E-state index is 12.2. The van der Waals surface area contributed by atoms with Crippen molar-refractivity contribution in [1.82, 2.24) is 5.32 Å². The lowest BCUT2D eigenvalue weighted by atomic mass is 10.00. The molecule has 188 valence electrons. The molecule has 1 amide bonds. The smallest absolute Gasteiger partial charge is 0.261 e. The Morgan fingerprint density at radius 3 is 2.00 bits per heavy atom. The van der Waals surface area contributed by atoms with Crippen LogP contribution in [0.5, 0.6) is 0 Å². The van der Waals surface area contributed by atoms with E-state index in [1.165, 1.54) is 10.4 Å². The van der Waals surface area contributed by atoms with Crippen LogP contribution in [0.1, 0.15) is 39.2 Å². The van der Waals surface area contributed by atoms with Gasteiger partial charge in [0.25, 0.3) is 8.32 Å². The van der Waals surface area contributed by atoms with Gasteiger partial charge in [0.15, 0.2) is 0 Å². The standard InChI is InChI=1S/C31H37NO3Si/c1-31(2,3)36(26-16-9-5-10-17-26,27-18-11-6-12-19-27)35-23-13-20-28-29(21-22-30(33)32-28)34-24-25-14-7-4-8-15-25/h4-20,28-29H,21-24H2,1-3H3,(H,32,33)/b20-13-/t28-,29+/m0/s1. The van der Waals surface area contributed by atoms with E-state index in [1.54, 1.807) is 0 Å². The van der Waals surface area contributed by atoms with Crippen LogP contribution in [0.2, 0.25) is 5.04 Å². The molecule has 0 saturated carbocycles. The highest BCUT2D eigenvalue weighted by atomic mass is 28.4. The molecular formula is C31H37NO3Si. The summed E-state index contributed by atoms with van der Waals surface area (Å²) < 4.78 is 13.2. The molecule has 0 spiro atoms. The first-order chi connectivity index (χ1) is 17.4. The summed E-state index contributed by atoms with van der Waals surface area (Å²) in [6.45, 7) is 7.82. The van der Waals surface area contributed by atoms with Crippen molar-refractivity contribution in [2.24, 2.45) is 0 Å². The van der Waals surface area contributed by atoms with E-state index in [-0.39, 0.29) is 23.1 Å². The van der Waals surface area contributed by atoms with Crippen LogP contribution in [0.15, 0.2) is 103 Å². The zero-order valence-corrected chi connectivity index (χ0v) is 22.5. The van der Waals surface area contributed by atoms with Crippen LogP contribution < -0.4 is 15.7 Å². The van der Waals surface area contributed by atoms with E-state index in [0.29, 0.717) is 26.1 Å². The summed E-state index contributed by atoms with van der Waals surface area (Å²) in [5.41, 5.74) is 1.13. The van der Waals surface area contributed by atoms with E-state index in [4.69, 9.17) is 9.16 Å². The number of nitrogens with one attached hydrogen (secondary N) is 1. The van der Waals surface area contributed by atoms with Crippen LogP contribution in [0, 0.1) is 0 Å². The van der Waals surface area contributed by atoms with E-state index in [0.717, 1.165) is 5.56 Å². The zero-order chi connectivity index (χ0) is 25.4. The summed E-state index contributed by atoms with van der Waals surface area (Å²) >= 11 is 0. The quantitative estimate of drug-likeness (QED) is 0.334. The highest BCUT2D eigenvalue weighted by molar-refractivity contribution is 6.99. The number of carbonyl (C=O) groups is 1. The van der Waals surface area contributed by atoms with Gasteiger partial charge >= 0.3 is 0 Å². The van der Waals surface area contributed by atoms with Crippen molar-refractivity contribution in [3.05, 3.63) is 109 Å². The molecule has 3 aromatic carbocycles. The zero-order valence-electron chi connectivity index (χ0n) is 21.5. The van der Waals surface area contributed by atoms with Gasteiger partial charge in [-0.05, 0) is 27.4 Å². The van der Waals surface area contributed by atoms with Crippen LogP contribution in [0.4, 0.5) is 0 Å². The Kier molecular flexibility index (Phi) is 8.57. The maximum absolute atomic E-state index is 12.2. The van der Waals surface area contributed by atoms with Gasteiger partial charge < -0.3 is 14.5 Å². The van der Waals surface area contributed by atoms with Crippen molar-refractivity contribution in [2.75, 3.05) is 6.61 Å². The Hall–Kier alpha value is -2.99. The van der Waals surface area contributed by atoms with Gasteiger partial charge in [-0.2, -0.15) is 0 Å². The normalized spacial score (nSPS) is 18.8. The fourth-order valence-corrected chi connectivity index (χ4v) is 9.58. The lowest BCUT2D eigenvalue weighted by molar-refractivity contribution is -0.126. The first-order valence-electron chi connectivity index (χ1n) is 12.8. The summed E-state index contributed by atoms with van der Waals surface area (Å²) in [5.74, 6) is 0.0668. The molecule has 0 radical (unpaired) electrons. The van der Waals surface area contributed by atoms with E-state index in [1.807, 2.05) is 24.3 Å². The molecule has 1 heterocycles. The second-order valence-corrected chi connectivity index (χ2v) is 14.7. The molecule has 36 heavy (non-hydrogen) atoms. The van der Waals surface area contributed by atoms with E-state index < -0.39 is 8.32 Å². The highest BCUT2D eigenvalue weighted by Gasteiger charge is 2.49. The Morgan fingerprint density at radius 2 is 1.44 bits per heavy atom. The number of piperidine rings is 1. The number of rotatable bonds is 9. The molecule has 2 atom stereocenters. The molecule has 0 bridgehead atoms. The Labute approximate surface area is 216 Å². The van der Waals surface area contributed by atoms with Crippen LogP contribution in [0.3, 0.4) is 0 Å². The topological polar surface area (TPSA) is 47.6 Å². The third-order valence-electron chi connectivity index (χ3n) is 6.85. The van der Waals surface area contributed by atoms with Crippen molar-refractivity contribution < 1.29 is 14.0 Å². The van der Waals surface area contributed by atoms with Gasteiger partial charge in [-0.25, -0.2) is 0 Å². The number of hydrogen-bond donors (Lipinski definition) is 1. The molecule has 4 nitrogen and oxygen atoms in total. The number of ether oxygens (including phenoxy) is 1. The third-order valence-corrected chi connectivity index (χ3v) is 11.9. The number of amides is 1. The van der Waals surface area contributed by atoms with E-state index in [2.05, 4.69) is 105 Å². The minimum Gasteiger partial charge on any atom is -0.404 e. The lowest BCUT2D eigenvalue weighted by Gasteiger charge is -2.42. The first-order valence-corrected chi connectivity index (χ1v) is 14.7. The lowest BCUT2D eigenvalue weighted by Crippen LogP contribution is -2.66. The molecule has 0 aliphatic carbocycles. The minimum atomic E-state index is -2.60. The predicted octanol–water partition coefficient (Wildman–Crippen LogP) is 4.98. The molecule has 1 aliphatic rings. The maximum Gasteiger partial charge on any atom is 0.261 e. The molecular weight excluding hydrogens is 462 g/mol. The van der Waals surface area contributed by atoms with Gasteiger partial charge in [-0.3, -0.25) is 4.79 Å². The van der Waals surface area contributed by atoms with Gasteiger partial charge in [0.2, 0.25) is 5.91 Å². The summed E-state index contributed by atoms with van der Waals surface area (Å²) in [4.78, 5) is 12.2. The minimum absolute atomic E-state index is 0.0629. The third kappa shape index (κ3) is 6.04. The van der Waals surface area contributed by atoms with Crippen molar-refractivity contribution >= 4 is 24.6 Å². The van der Waals surface area contributed by atoms with Crippen LogP contribution in [0.25, 0.3) is 0 Å².